The Hall–Kier alpha value is -4.81. The molecule has 1 heterocycles. The van der Waals surface area contributed by atoms with Gasteiger partial charge in [-0.25, -0.2) is 8.78 Å². The number of nitrogen functional groups attached to an aromatic ring is 1. The predicted octanol–water partition coefficient (Wildman–Crippen LogP) is 1.61. The monoisotopic (exact) mass is 485 g/mol. The molecule has 0 atom stereocenters. The van der Waals surface area contributed by atoms with Crippen molar-refractivity contribution in [1.82, 2.24) is 25.4 Å². The molecule has 11 nitrogen and oxygen atoms in total. The second-order valence-electron chi connectivity index (χ2n) is 6.87. The first-order chi connectivity index (χ1) is 16.7. The molecule has 0 saturated heterocycles. The van der Waals surface area contributed by atoms with Crippen LogP contribution in [0, 0.1) is 11.6 Å². The van der Waals surface area contributed by atoms with Gasteiger partial charge in [0.05, 0.1) is 6.54 Å². The van der Waals surface area contributed by atoms with Crippen molar-refractivity contribution in [3.63, 3.8) is 0 Å². The van der Waals surface area contributed by atoms with Crippen molar-refractivity contribution in [2.75, 3.05) is 31.2 Å². The fraction of sp³-hybridized carbons (Fsp3) is 0.136. The number of nitrogens with zero attached hydrogens (tertiary/aromatic N) is 3. The van der Waals surface area contributed by atoms with Gasteiger partial charge in [0.15, 0.2) is 11.6 Å². The number of nitrogens with one attached hydrogen (secondary N) is 3. The Bertz CT molecular complexity index is 1280. The third-order valence-corrected chi connectivity index (χ3v) is 4.57. The zero-order valence-corrected chi connectivity index (χ0v) is 18.5. The van der Waals surface area contributed by atoms with Gasteiger partial charge >= 0.3 is 0 Å². The molecule has 0 aliphatic rings. The summed E-state index contributed by atoms with van der Waals surface area (Å²) in [5, 5.41) is 11.6. The van der Waals surface area contributed by atoms with E-state index in [1.54, 1.807) is 24.3 Å². The third kappa shape index (κ3) is 5.76. The van der Waals surface area contributed by atoms with E-state index in [1.165, 1.54) is 7.05 Å². The number of hydrogen-bond acceptors (Lipinski definition) is 8. The molecular formula is C22H21F2N7O4. The minimum atomic E-state index is -1.26. The molecule has 0 spiro atoms. The topological polar surface area (TPSA) is 153 Å². The number of rotatable bonds is 9. The minimum Gasteiger partial charge on any atom is -0.489 e. The Morgan fingerprint density at radius 2 is 1.89 bits per heavy atom. The van der Waals surface area contributed by atoms with Gasteiger partial charge in [-0.3, -0.25) is 14.4 Å². The van der Waals surface area contributed by atoms with E-state index in [9.17, 15) is 23.2 Å². The van der Waals surface area contributed by atoms with Crippen molar-refractivity contribution in [1.29, 1.82) is 0 Å². The van der Waals surface area contributed by atoms with Crippen LogP contribution in [0.1, 0.15) is 20.7 Å². The summed E-state index contributed by atoms with van der Waals surface area (Å²) >= 11 is 0. The molecule has 0 aliphatic heterocycles. The molecule has 1 aromatic heterocycles. The first kappa shape index (κ1) is 24.8. The van der Waals surface area contributed by atoms with Crippen LogP contribution in [0.5, 0.6) is 5.75 Å². The summed E-state index contributed by atoms with van der Waals surface area (Å²) in [7, 11) is 1.50. The number of nitrogens with two attached hydrogens (primary N) is 1. The van der Waals surface area contributed by atoms with Crippen molar-refractivity contribution in [3.05, 3.63) is 71.8 Å². The number of halogens is 2. The van der Waals surface area contributed by atoms with Gasteiger partial charge in [0.25, 0.3) is 11.8 Å². The Morgan fingerprint density at radius 1 is 1.17 bits per heavy atom. The van der Waals surface area contributed by atoms with Crippen LogP contribution in [0.2, 0.25) is 0 Å². The van der Waals surface area contributed by atoms with Gasteiger partial charge in [0, 0.05) is 18.3 Å². The molecule has 0 fully saturated rings. The van der Waals surface area contributed by atoms with E-state index < -0.39 is 40.7 Å². The lowest BCUT2D eigenvalue weighted by Crippen LogP contribution is -2.26. The summed E-state index contributed by atoms with van der Waals surface area (Å²) in [6.07, 6.45) is 1.06. The number of aromatic nitrogens is 3. The van der Waals surface area contributed by atoms with E-state index in [0.717, 1.165) is 18.2 Å². The van der Waals surface area contributed by atoms with Crippen LogP contribution in [0.25, 0.3) is 0 Å². The van der Waals surface area contributed by atoms with Gasteiger partial charge in [-0.05, 0) is 42.5 Å². The second kappa shape index (κ2) is 10.9. The van der Waals surface area contributed by atoms with Crippen molar-refractivity contribution in [2.45, 2.75) is 0 Å². The normalized spacial score (nSPS) is 10.4. The maximum Gasteiger partial charge on any atom is 0.287 e. The summed E-state index contributed by atoms with van der Waals surface area (Å²) in [5.41, 5.74) is 5.69. The zero-order valence-electron chi connectivity index (χ0n) is 18.5. The second-order valence-corrected chi connectivity index (χ2v) is 6.87. The van der Waals surface area contributed by atoms with E-state index >= 15 is 0 Å². The zero-order chi connectivity index (χ0) is 25.5. The lowest BCUT2D eigenvalue weighted by Gasteiger charge is -2.11. The SMILES string of the molecule is C=CC(=O)NCCOc1ccc(F)c(C(=O)n2nc(Nc3ccc(C(=O)NC)cc3)nc2N)c1F. The molecule has 13 heteroatoms. The fourth-order valence-electron chi connectivity index (χ4n) is 2.86. The van der Waals surface area contributed by atoms with Crippen LogP contribution in [0.4, 0.5) is 26.4 Å². The standard InChI is InChI=1S/C22H21F2N7O4/c1-3-16(32)27-10-11-35-15-9-8-14(23)17(18(15)24)20(34)31-21(25)29-22(30-31)28-13-6-4-12(5-7-13)19(33)26-2/h3-9H,1,10-11H2,2H3,(H,26,33)(H,27,32)(H3,25,28,29,30). The van der Waals surface area contributed by atoms with Crippen LogP contribution in [0.15, 0.2) is 49.1 Å². The van der Waals surface area contributed by atoms with Gasteiger partial charge in [-0.1, -0.05) is 6.58 Å². The average Bonchev–Trinajstić information content (AvgIpc) is 3.22. The van der Waals surface area contributed by atoms with Gasteiger partial charge < -0.3 is 26.4 Å². The Kier molecular flexibility index (Phi) is 7.71. The summed E-state index contributed by atoms with van der Waals surface area (Å²) in [6, 6.07) is 8.10. The van der Waals surface area contributed by atoms with Gasteiger partial charge in [-0.2, -0.15) is 9.67 Å². The highest BCUT2D eigenvalue weighted by Gasteiger charge is 2.26. The van der Waals surface area contributed by atoms with Crippen LogP contribution in [-0.2, 0) is 4.79 Å². The molecule has 35 heavy (non-hydrogen) atoms. The highest BCUT2D eigenvalue weighted by molar-refractivity contribution is 5.98. The lowest BCUT2D eigenvalue weighted by molar-refractivity contribution is -0.116. The van der Waals surface area contributed by atoms with Gasteiger partial charge in [-0.15, -0.1) is 5.10 Å². The molecule has 0 radical (unpaired) electrons. The summed E-state index contributed by atoms with van der Waals surface area (Å²) in [4.78, 5) is 39.5. The van der Waals surface area contributed by atoms with E-state index in [4.69, 9.17) is 10.5 Å². The van der Waals surface area contributed by atoms with Crippen LogP contribution in [-0.4, -0.2) is 52.7 Å². The molecule has 2 amide bonds. The van der Waals surface area contributed by atoms with Crippen molar-refractivity contribution in [2.24, 2.45) is 0 Å². The number of carbonyl (C=O) groups is 3. The minimum absolute atomic E-state index is 0.0279. The number of hydrogen-bond donors (Lipinski definition) is 4. The summed E-state index contributed by atoms with van der Waals surface area (Å²) < 4.78 is 35.0. The Balaban J connectivity index is 1.77. The molecule has 3 rings (SSSR count). The van der Waals surface area contributed by atoms with Crippen LogP contribution in [0.3, 0.4) is 0 Å². The van der Waals surface area contributed by atoms with Gasteiger partial charge in [0.1, 0.15) is 18.0 Å². The van der Waals surface area contributed by atoms with Crippen molar-refractivity contribution < 1.29 is 27.9 Å². The van der Waals surface area contributed by atoms with Crippen LogP contribution < -0.4 is 26.4 Å². The fourth-order valence-corrected chi connectivity index (χ4v) is 2.86. The highest BCUT2D eigenvalue weighted by Crippen LogP contribution is 2.25. The number of benzene rings is 2. The number of ether oxygens (including phenoxy) is 1. The molecule has 0 unspecified atom stereocenters. The third-order valence-electron chi connectivity index (χ3n) is 4.57. The van der Waals surface area contributed by atoms with E-state index in [-0.39, 0.29) is 25.0 Å². The maximum atomic E-state index is 14.9. The maximum absolute atomic E-state index is 14.9. The quantitative estimate of drug-likeness (QED) is 0.263. The molecule has 5 N–H and O–H groups in total. The molecular weight excluding hydrogens is 464 g/mol. The van der Waals surface area contributed by atoms with E-state index in [0.29, 0.717) is 15.9 Å². The lowest BCUT2D eigenvalue weighted by atomic mass is 10.1. The molecule has 0 saturated carbocycles. The molecule has 0 bridgehead atoms. The number of amides is 2. The average molecular weight is 485 g/mol. The molecule has 3 aromatic rings. The smallest absolute Gasteiger partial charge is 0.287 e. The molecule has 2 aromatic carbocycles. The summed E-state index contributed by atoms with van der Waals surface area (Å²) in [6.45, 7) is 3.17. The number of anilines is 3. The Morgan fingerprint density at radius 3 is 2.54 bits per heavy atom. The van der Waals surface area contributed by atoms with Crippen molar-refractivity contribution in [3.8, 4) is 5.75 Å². The molecule has 0 aliphatic carbocycles. The first-order valence-electron chi connectivity index (χ1n) is 10.1. The van der Waals surface area contributed by atoms with E-state index in [2.05, 4.69) is 32.6 Å². The predicted molar refractivity (Wildman–Crippen MR) is 122 cm³/mol. The Labute approximate surface area is 198 Å². The van der Waals surface area contributed by atoms with Crippen LogP contribution >= 0.6 is 0 Å². The largest absolute Gasteiger partial charge is 0.489 e. The highest BCUT2D eigenvalue weighted by atomic mass is 19.1. The number of carbonyl (C=O) groups excluding carboxylic acids is 3. The molecule has 182 valence electrons. The van der Waals surface area contributed by atoms with Crippen molar-refractivity contribution >= 4 is 35.3 Å². The summed E-state index contributed by atoms with van der Waals surface area (Å²) in [5.74, 6) is -5.29. The first-order valence-corrected chi connectivity index (χ1v) is 10.1. The van der Waals surface area contributed by atoms with E-state index in [1.807, 2.05) is 0 Å². The van der Waals surface area contributed by atoms with Gasteiger partial charge in [0.2, 0.25) is 17.8 Å².